The zero-order valence-corrected chi connectivity index (χ0v) is 12.2. The summed E-state index contributed by atoms with van der Waals surface area (Å²) in [5.41, 5.74) is 2.01. The van der Waals surface area contributed by atoms with Gasteiger partial charge in [-0.2, -0.15) is 0 Å². The summed E-state index contributed by atoms with van der Waals surface area (Å²) in [6.07, 6.45) is 0. The van der Waals surface area contributed by atoms with Crippen molar-refractivity contribution in [3.8, 4) is 0 Å². The lowest BCUT2D eigenvalue weighted by molar-refractivity contribution is 0.0688. The zero-order chi connectivity index (χ0) is 16.0. The van der Waals surface area contributed by atoms with Crippen LogP contribution in [-0.4, -0.2) is 22.2 Å². The molecule has 0 bridgehead atoms. The van der Waals surface area contributed by atoms with Crippen LogP contribution in [0.4, 0.5) is 0 Å². The minimum Gasteiger partial charge on any atom is -0.478 e. The van der Waals surface area contributed by atoms with Gasteiger partial charge in [0.1, 0.15) is 0 Å². The monoisotopic (exact) mass is 294 g/mol. The van der Waals surface area contributed by atoms with Gasteiger partial charge in [-0.1, -0.05) is 18.2 Å². The summed E-state index contributed by atoms with van der Waals surface area (Å²) in [5, 5.41) is 21.5. The maximum absolute atomic E-state index is 11.6. The van der Waals surface area contributed by atoms with Crippen LogP contribution in [0.2, 0.25) is 0 Å². The van der Waals surface area contributed by atoms with Crippen molar-refractivity contribution in [1.29, 1.82) is 0 Å². The Labute approximate surface area is 126 Å². The highest BCUT2D eigenvalue weighted by molar-refractivity contribution is 6.13. The molecule has 22 heavy (non-hydrogen) atoms. The average molecular weight is 294 g/mol. The molecule has 0 spiro atoms. The predicted octanol–water partition coefficient (Wildman–Crippen LogP) is 4.01. The Morgan fingerprint density at radius 3 is 2.23 bits per heavy atom. The maximum atomic E-state index is 11.6. The average Bonchev–Trinajstić information content (AvgIpc) is 2.45. The molecule has 0 aliphatic carbocycles. The molecular weight excluding hydrogens is 280 g/mol. The van der Waals surface area contributed by atoms with E-state index in [-0.39, 0.29) is 11.1 Å². The summed E-state index contributed by atoms with van der Waals surface area (Å²) in [4.78, 5) is 23.0. The van der Waals surface area contributed by atoms with Crippen molar-refractivity contribution in [1.82, 2.24) is 0 Å². The van der Waals surface area contributed by atoms with Crippen LogP contribution < -0.4 is 0 Å². The lowest BCUT2D eigenvalue weighted by atomic mass is 9.92. The van der Waals surface area contributed by atoms with Gasteiger partial charge in [-0.3, -0.25) is 0 Å². The minimum absolute atomic E-state index is 0.175. The van der Waals surface area contributed by atoms with Crippen LogP contribution in [0.5, 0.6) is 0 Å². The van der Waals surface area contributed by atoms with Crippen molar-refractivity contribution in [2.75, 3.05) is 0 Å². The quantitative estimate of drug-likeness (QED) is 0.700. The van der Waals surface area contributed by atoms with Crippen molar-refractivity contribution in [2.24, 2.45) is 0 Å². The summed E-state index contributed by atoms with van der Waals surface area (Å²) in [6, 6.07) is 10.5. The molecular formula is C18H14O4. The van der Waals surface area contributed by atoms with Gasteiger partial charge in [0.15, 0.2) is 0 Å². The predicted molar refractivity (Wildman–Crippen MR) is 84.8 cm³/mol. The number of hydrogen-bond donors (Lipinski definition) is 2. The van der Waals surface area contributed by atoms with E-state index in [0.717, 1.165) is 16.3 Å². The highest BCUT2D eigenvalue weighted by Crippen LogP contribution is 2.31. The molecule has 4 heteroatoms. The smallest absolute Gasteiger partial charge is 0.336 e. The van der Waals surface area contributed by atoms with Crippen molar-refractivity contribution in [3.63, 3.8) is 0 Å². The first-order valence-electron chi connectivity index (χ1n) is 6.83. The molecule has 3 aromatic rings. The highest BCUT2D eigenvalue weighted by Gasteiger charge is 2.16. The van der Waals surface area contributed by atoms with Crippen LogP contribution in [0.15, 0.2) is 36.4 Å². The fourth-order valence-corrected chi connectivity index (χ4v) is 2.88. The van der Waals surface area contributed by atoms with Crippen molar-refractivity contribution >= 4 is 33.5 Å². The normalized spacial score (nSPS) is 11.0. The Bertz CT molecular complexity index is 954. The van der Waals surface area contributed by atoms with E-state index in [0.29, 0.717) is 16.3 Å². The molecule has 0 fully saturated rings. The van der Waals surface area contributed by atoms with Crippen LogP contribution in [0.25, 0.3) is 21.5 Å². The number of carbonyl (C=O) groups is 2. The third-order valence-electron chi connectivity index (χ3n) is 4.10. The number of carboxylic acids is 2. The van der Waals surface area contributed by atoms with E-state index < -0.39 is 11.9 Å². The zero-order valence-electron chi connectivity index (χ0n) is 12.2. The van der Waals surface area contributed by atoms with Crippen LogP contribution >= 0.6 is 0 Å². The molecule has 0 radical (unpaired) electrons. The Morgan fingerprint density at radius 1 is 0.864 bits per heavy atom. The van der Waals surface area contributed by atoms with E-state index in [1.807, 2.05) is 25.1 Å². The first-order valence-corrected chi connectivity index (χ1v) is 6.83. The fourth-order valence-electron chi connectivity index (χ4n) is 2.88. The molecule has 0 heterocycles. The molecule has 3 rings (SSSR count). The maximum Gasteiger partial charge on any atom is 0.336 e. The molecule has 110 valence electrons. The van der Waals surface area contributed by atoms with Gasteiger partial charge in [-0.15, -0.1) is 0 Å². The Morgan fingerprint density at radius 2 is 1.59 bits per heavy atom. The summed E-state index contributed by atoms with van der Waals surface area (Å²) in [7, 11) is 0. The Balaban J connectivity index is 2.54. The molecule has 0 saturated heterocycles. The second-order valence-corrected chi connectivity index (χ2v) is 5.40. The van der Waals surface area contributed by atoms with Gasteiger partial charge >= 0.3 is 11.9 Å². The number of hydrogen-bond acceptors (Lipinski definition) is 2. The van der Waals surface area contributed by atoms with Gasteiger partial charge in [0.05, 0.1) is 11.1 Å². The molecule has 0 atom stereocenters. The van der Waals surface area contributed by atoms with E-state index in [2.05, 4.69) is 0 Å². The van der Waals surface area contributed by atoms with Crippen LogP contribution in [0.1, 0.15) is 31.8 Å². The number of rotatable bonds is 2. The molecule has 2 N–H and O–H groups in total. The lowest BCUT2D eigenvalue weighted by Gasteiger charge is -2.12. The van der Waals surface area contributed by atoms with E-state index in [1.165, 1.54) is 6.07 Å². The van der Waals surface area contributed by atoms with Gasteiger partial charge in [0.25, 0.3) is 0 Å². The van der Waals surface area contributed by atoms with E-state index >= 15 is 0 Å². The van der Waals surface area contributed by atoms with Crippen LogP contribution in [0.3, 0.4) is 0 Å². The highest BCUT2D eigenvalue weighted by atomic mass is 16.4. The Kier molecular flexibility index (Phi) is 3.10. The number of aromatic carboxylic acids is 2. The number of aryl methyl sites for hydroxylation is 1. The molecule has 0 unspecified atom stereocenters. The van der Waals surface area contributed by atoms with E-state index in [1.54, 1.807) is 19.1 Å². The first-order chi connectivity index (χ1) is 10.4. The molecule has 4 nitrogen and oxygen atoms in total. The van der Waals surface area contributed by atoms with Gasteiger partial charge in [-0.05, 0) is 64.7 Å². The lowest BCUT2D eigenvalue weighted by Crippen LogP contribution is -2.03. The second-order valence-electron chi connectivity index (χ2n) is 5.40. The molecule has 3 aromatic carbocycles. The second kappa shape index (κ2) is 4.84. The van der Waals surface area contributed by atoms with Gasteiger partial charge < -0.3 is 10.2 Å². The van der Waals surface area contributed by atoms with Crippen molar-refractivity contribution in [3.05, 3.63) is 58.7 Å². The fraction of sp³-hybridized carbons (Fsp3) is 0.111. The van der Waals surface area contributed by atoms with Crippen molar-refractivity contribution < 1.29 is 19.8 Å². The number of benzene rings is 3. The largest absolute Gasteiger partial charge is 0.478 e. The van der Waals surface area contributed by atoms with Crippen molar-refractivity contribution in [2.45, 2.75) is 13.8 Å². The molecule has 0 aromatic heterocycles. The summed E-state index contributed by atoms with van der Waals surface area (Å²) >= 11 is 0. The molecule has 0 amide bonds. The number of fused-ring (bicyclic) bond motifs is 2. The molecule has 0 saturated carbocycles. The number of carboxylic acid groups (broad SMARTS) is 2. The van der Waals surface area contributed by atoms with Gasteiger partial charge in [0, 0.05) is 0 Å². The van der Waals surface area contributed by atoms with E-state index in [4.69, 9.17) is 0 Å². The van der Waals surface area contributed by atoms with Crippen LogP contribution in [-0.2, 0) is 0 Å². The van der Waals surface area contributed by atoms with Gasteiger partial charge in [-0.25, -0.2) is 9.59 Å². The third-order valence-corrected chi connectivity index (χ3v) is 4.10. The summed E-state index contributed by atoms with van der Waals surface area (Å²) in [5.74, 6) is -2.02. The third kappa shape index (κ3) is 2.00. The van der Waals surface area contributed by atoms with Crippen LogP contribution in [0, 0.1) is 13.8 Å². The van der Waals surface area contributed by atoms with Gasteiger partial charge in [0.2, 0.25) is 0 Å². The summed E-state index contributed by atoms with van der Waals surface area (Å²) < 4.78 is 0. The van der Waals surface area contributed by atoms with E-state index in [9.17, 15) is 19.8 Å². The molecule has 0 aliphatic rings. The summed E-state index contributed by atoms with van der Waals surface area (Å²) in [6.45, 7) is 3.64. The standard InChI is InChI=1S/C18H14O4/c1-9-6-12-7-11-4-3-5-13(17(19)20)14(11)8-15(12)16(10(9)2)18(21)22/h3-8H,1-2H3,(H,19,20)(H,21,22). The first kappa shape index (κ1) is 14.1. The topological polar surface area (TPSA) is 74.6 Å². The SMILES string of the molecule is Cc1cc2cc3cccc(C(=O)O)c3cc2c(C(=O)O)c1C. The minimum atomic E-state index is -1.02. The molecule has 0 aliphatic heterocycles. The Hall–Kier alpha value is -2.88.